The number of hydrogen-bond donors (Lipinski definition) is 0. The number of rotatable bonds is 6. The molecular formula is C12H22N2P2S. The predicted molar refractivity (Wildman–Crippen MR) is 85.8 cm³/mol. The van der Waals surface area contributed by atoms with Gasteiger partial charge in [0.1, 0.15) is 0 Å². The Kier molecular flexibility index (Phi) is 6.26. The summed E-state index contributed by atoms with van der Waals surface area (Å²) < 4.78 is 4.47. The molecule has 0 radical (unpaired) electrons. The van der Waals surface area contributed by atoms with Gasteiger partial charge in [-0.2, -0.15) is 0 Å². The molecule has 1 atom stereocenters. The van der Waals surface area contributed by atoms with E-state index >= 15 is 0 Å². The second kappa shape index (κ2) is 6.97. The molecule has 5 heteroatoms. The van der Waals surface area contributed by atoms with E-state index in [2.05, 4.69) is 67.9 Å². The van der Waals surface area contributed by atoms with Crippen LogP contribution in [0.2, 0.25) is 0 Å². The van der Waals surface area contributed by atoms with Crippen LogP contribution in [0.15, 0.2) is 30.3 Å². The van der Waals surface area contributed by atoms with E-state index in [1.807, 2.05) is 0 Å². The van der Waals surface area contributed by atoms with E-state index < -0.39 is 6.34 Å². The lowest BCUT2D eigenvalue weighted by Gasteiger charge is -2.34. The minimum absolute atomic E-state index is 0.871. The molecule has 0 amide bonds. The van der Waals surface area contributed by atoms with Crippen molar-refractivity contribution in [1.29, 1.82) is 0 Å². The fraction of sp³-hybridized carbons (Fsp3) is 0.500. The van der Waals surface area contributed by atoms with Crippen molar-refractivity contribution in [3.8, 4) is 0 Å². The molecule has 17 heavy (non-hydrogen) atoms. The number of hydrogen-bond acceptors (Lipinski definition) is 1. The molecule has 0 spiro atoms. The van der Waals surface area contributed by atoms with E-state index in [4.69, 9.17) is 11.8 Å². The van der Waals surface area contributed by atoms with Gasteiger partial charge in [-0.05, 0) is 39.7 Å². The molecule has 1 unspecified atom stereocenters. The third kappa shape index (κ3) is 4.43. The van der Waals surface area contributed by atoms with Crippen LogP contribution in [-0.4, -0.2) is 49.9 Å². The van der Waals surface area contributed by atoms with E-state index in [-0.39, 0.29) is 0 Å². The average Bonchev–Trinajstić information content (AvgIpc) is 2.29. The highest BCUT2D eigenvalue weighted by molar-refractivity contribution is 8.12. The Bertz CT molecular complexity index is 367. The second-order valence-electron chi connectivity index (χ2n) is 4.38. The fourth-order valence-electron chi connectivity index (χ4n) is 1.66. The summed E-state index contributed by atoms with van der Waals surface area (Å²) in [5.41, 5.74) is 0. The summed E-state index contributed by atoms with van der Waals surface area (Å²) in [6.07, 6.45) is 0.820. The van der Waals surface area contributed by atoms with Crippen LogP contribution in [0.5, 0.6) is 0 Å². The molecular weight excluding hydrogens is 266 g/mol. The van der Waals surface area contributed by atoms with E-state index in [1.165, 1.54) is 11.5 Å². The third-order valence-corrected chi connectivity index (χ3v) is 10.2. The van der Waals surface area contributed by atoms with Crippen LogP contribution < -0.4 is 5.30 Å². The highest BCUT2D eigenvalue weighted by Gasteiger charge is 2.21. The van der Waals surface area contributed by atoms with Gasteiger partial charge in [0, 0.05) is 6.16 Å². The maximum Gasteiger partial charge on any atom is 0.0769 e. The van der Waals surface area contributed by atoms with Crippen molar-refractivity contribution in [2.75, 3.05) is 40.5 Å². The minimum atomic E-state index is -1.49. The standard InChI is InChI=1S/C12H22N2P2S/c1-13(2)16(17,14(3)4)11-10-15-12-8-6-5-7-9-12/h5-9,15H,10-11H2,1-4H3. The Morgan fingerprint density at radius 1 is 1.06 bits per heavy atom. The SMILES string of the molecule is CN(C)P(=S)(CCPc1ccccc1)N(C)C. The van der Waals surface area contributed by atoms with Crippen LogP contribution in [0.25, 0.3) is 0 Å². The van der Waals surface area contributed by atoms with Gasteiger partial charge in [0.2, 0.25) is 0 Å². The van der Waals surface area contributed by atoms with Crippen LogP contribution in [0, 0.1) is 0 Å². The van der Waals surface area contributed by atoms with Crippen molar-refractivity contribution >= 4 is 32.0 Å². The first kappa shape index (κ1) is 15.3. The summed E-state index contributed by atoms with van der Waals surface area (Å²) in [5.74, 6) is 0. The summed E-state index contributed by atoms with van der Waals surface area (Å²) in [5, 5.41) is 1.44. The van der Waals surface area contributed by atoms with Gasteiger partial charge in [-0.25, -0.2) is 0 Å². The summed E-state index contributed by atoms with van der Waals surface area (Å²) in [4.78, 5) is 0. The molecule has 0 saturated carbocycles. The molecule has 96 valence electrons. The third-order valence-electron chi connectivity index (χ3n) is 2.76. The van der Waals surface area contributed by atoms with Gasteiger partial charge < -0.3 is 0 Å². The maximum absolute atomic E-state index is 5.83. The van der Waals surface area contributed by atoms with E-state index in [0.717, 1.165) is 14.7 Å². The summed E-state index contributed by atoms with van der Waals surface area (Å²) in [7, 11) is 9.29. The van der Waals surface area contributed by atoms with Gasteiger partial charge >= 0.3 is 0 Å². The Balaban J connectivity index is 2.52. The van der Waals surface area contributed by atoms with E-state index in [9.17, 15) is 0 Å². The second-order valence-corrected chi connectivity index (χ2v) is 10.9. The van der Waals surface area contributed by atoms with Crippen molar-refractivity contribution in [3.63, 3.8) is 0 Å². The molecule has 2 nitrogen and oxygen atoms in total. The zero-order valence-corrected chi connectivity index (χ0v) is 13.8. The average molecular weight is 288 g/mol. The molecule has 0 aromatic heterocycles. The Labute approximate surface area is 112 Å². The number of nitrogens with zero attached hydrogens (tertiary/aromatic N) is 2. The molecule has 0 bridgehead atoms. The smallest absolute Gasteiger partial charge is 0.0769 e. The quantitative estimate of drug-likeness (QED) is 0.742. The molecule has 1 rings (SSSR count). The molecule has 1 aromatic rings. The largest absolute Gasteiger partial charge is 0.270 e. The summed E-state index contributed by atoms with van der Waals surface area (Å²) in [6.45, 7) is 0. The maximum atomic E-state index is 5.83. The van der Waals surface area contributed by atoms with Gasteiger partial charge in [-0.1, -0.05) is 50.7 Å². The molecule has 1 aromatic carbocycles. The van der Waals surface area contributed by atoms with Crippen LogP contribution in [-0.2, 0) is 11.8 Å². The summed E-state index contributed by atoms with van der Waals surface area (Å²) in [6, 6.07) is 10.7. The van der Waals surface area contributed by atoms with Crippen molar-refractivity contribution in [2.45, 2.75) is 0 Å². The Morgan fingerprint density at radius 2 is 1.59 bits per heavy atom. The molecule has 0 N–H and O–H groups in total. The Morgan fingerprint density at radius 3 is 2.06 bits per heavy atom. The lowest BCUT2D eigenvalue weighted by Crippen LogP contribution is -2.23. The lowest BCUT2D eigenvalue weighted by molar-refractivity contribution is 0.571. The monoisotopic (exact) mass is 288 g/mol. The first-order chi connectivity index (χ1) is 7.97. The van der Waals surface area contributed by atoms with Crippen molar-refractivity contribution < 1.29 is 0 Å². The molecule has 0 aliphatic heterocycles. The molecule has 0 saturated heterocycles. The van der Waals surface area contributed by atoms with Gasteiger partial charge in [-0.3, -0.25) is 9.34 Å². The highest BCUT2D eigenvalue weighted by Crippen LogP contribution is 2.50. The van der Waals surface area contributed by atoms with Crippen LogP contribution >= 0.6 is 14.9 Å². The van der Waals surface area contributed by atoms with Crippen molar-refractivity contribution in [1.82, 2.24) is 9.34 Å². The van der Waals surface area contributed by atoms with Crippen molar-refractivity contribution in [3.05, 3.63) is 30.3 Å². The first-order valence-electron chi connectivity index (χ1n) is 5.70. The zero-order valence-electron chi connectivity index (χ0n) is 11.1. The molecule has 0 aliphatic rings. The van der Waals surface area contributed by atoms with Gasteiger partial charge in [0.25, 0.3) is 0 Å². The Hall–Kier alpha value is 0.220. The van der Waals surface area contributed by atoms with E-state index in [0.29, 0.717) is 0 Å². The predicted octanol–water partition coefficient (Wildman–Crippen LogP) is 2.42. The topological polar surface area (TPSA) is 6.48 Å². The van der Waals surface area contributed by atoms with Gasteiger partial charge in [0.15, 0.2) is 0 Å². The van der Waals surface area contributed by atoms with Gasteiger partial charge in [-0.15, -0.1) is 0 Å². The summed E-state index contributed by atoms with van der Waals surface area (Å²) >= 11 is 5.83. The normalized spacial score (nSPS) is 13.1. The van der Waals surface area contributed by atoms with Crippen LogP contribution in [0.3, 0.4) is 0 Å². The van der Waals surface area contributed by atoms with Crippen molar-refractivity contribution in [2.24, 2.45) is 0 Å². The van der Waals surface area contributed by atoms with E-state index in [1.54, 1.807) is 0 Å². The highest BCUT2D eigenvalue weighted by atomic mass is 32.4. The zero-order chi connectivity index (χ0) is 12.9. The van der Waals surface area contributed by atoms with Crippen LogP contribution in [0.1, 0.15) is 0 Å². The van der Waals surface area contributed by atoms with Crippen LogP contribution in [0.4, 0.5) is 0 Å². The first-order valence-corrected chi connectivity index (χ1v) is 9.80. The fourth-order valence-corrected chi connectivity index (χ4v) is 6.33. The molecule has 0 fully saturated rings. The number of benzene rings is 1. The lowest BCUT2D eigenvalue weighted by atomic mass is 10.4. The minimum Gasteiger partial charge on any atom is -0.270 e. The van der Waals surface area contributed by atoms with Gasteiger partial charge in [0.05, 0.1) is 6.34 Å². The molecule has 0 aliphatic carbocycles. The molecule has 0 heterocycles.